The van der Waals surface area contributed by atoms with E-state index < -0.39 is 6.10 Å². The van der Waals surface area contributed by atoms with Gasteiger partial charge in [-0.2, -0.15) is 0 Å². The van der Waals surface area contributed by atoms with E-state index in [0.29, 0.717) is 42.6 Å². The number of ketones is 1. The topological polar surface area (TPSA) is 46.5 Å². The molecular weight excluding hydrogens is 360 g/mol. The third kappa shape index (κ3) is 6.17. The monoisotopic (exact) mass is 404 g/mol. The summed E-state index contributed by atoms with van der Waals surface area (Å²) in [5.74, 6) is 3.25. The number of hydrogen-bond acceptors (Lipinski definition) is 3. The molecule has 1 N–H and O–H groups in total. The first-order chi connectivity index (χ1) is 13.9. The Kier molecular flexibility index (Phi) is 8.39. The summed E-state index contributed by atoms with van der Waals surface area (Å²) in [4.78, 5) is 12.8. The van der Waals surface area contributed by atoms with Crippen molar-refractivity contribution in [1.29, 1.82) is 0 Å². The van der Waals surface area contributed by atoms with Gasteiger partial charge in [0, 0.05) is 12.3 Å². The van der Waals surface area contributed by atoms with Gasteiger partial charge < -0.3 is 9.84 Å². The van der Waals surface area contributed by atoms with Crippen LogP contribution in [0.3, 0.4) is 0 Å². The van der Waals surface area contributed by atoms with E-state index in [4.69, 9.17) is 4.74 Å². The van der Waals surface area contributed by atoms with Gasteiger partial charge in [-0.05, 0) is 75.0 Å². The number of ether oxygens (including phenoxy) is 1. The third-order valence-corrected chi connectivity index (χ3v) is 8.37. The molecule has 1 saturated carbocycles. The van der Waals surface area contributed by atoms with Crippen LogP contribution in [0.4, 0.5) is 0 Å². The second kappa shape index (κ2) is 10.6. The predicted octanol–water partition coefficient (Wildman–Crippen LogP) is 5.95. The highest BCUT2D eigenvalue weighted by Gasteiger charge is 2.39. The summed E-state index contributed by atoms with van der Waals surface area (Å²) >= 11 is 0. The Bertz CT molecular complexity index is 548. The Morgan fingerprint density at radius 3 is 2.59 bits per heavy atom. The number of carbonyl (C=O) groups is 1. The molecule has 3 rings (SSSR count). The lowest BCUT2D eigenvalue weighted by Crippen LogP contribution is -2.28. The zero-order valence-corrected chi connectivity index (χ0v) is 19.2. The van der Waals surface area contributed by atoms with Gasteiger partial charge in [-0.15, -0.1) is 0 Å². The lowest BCUT2D eigenvalue weighted by atomic mass is 9.76. The summed E-state index contributed by atoms with van der Waals surface area (Å²) < 4.78 is 6.32. The van der Waals surface area contributed by atoms with Crippen molar-refractivity contribution < 1.29 is 14.6 Å². The van der Waals surface area contributed by atoms with Crippen LogP contribution in [0, 0.1) is 35.5 Å². The fourth-order valence-corrected chi connectivity index (χ4v) is 5.98. The smallest absolute Gasteiger partial charge is 0.138 e. The largest absolute Gasteiger partial charge is 0.393 e. The molecule has 2 fully saturated rings. The van der Waals surface area contributed by atoms with E-state index >= 15 is 0 Å². The molecule has 166 valence electrons. The average Bonchev–Trinajstić information content (AvgIpc) is 3.08. The number of aliphatic hydroxyl groups excluding tert-OH is 1. The van der Waals surface area contributed by atoms with Crippen LogP contribution >= 0.6 is 0 Å². The van der Waals surface area contributed by atoms with Crippen molar-refractivity contribution in [3.63, 3.8) is 0 Å². The Labute approximate surface area is 178 Å². The van der Waals surface area contributed by atoms with Crippen LogP contribution in [0.5, 0.6) is 0 Å². The van der Waals surface area contributed by atoms with Crippen LogP contribution < -0.4 is 0 Å². The number of carbonyl (C=O) groups excluding carboxylic acids is 1. The van der Waals surface area contributed by atoms with Crippen molar-refractivity contribution in [1.82, 2.24) is 0 Å². The number of hydrogen-bond donors (Lipinski definition) is 1. The SMILES string of the molecule is CC[C@@H]1CC=C[C@H]([C@@H](C)C(=O)C[C@@H](O)C[C@@H]2C[C@H](C3CCC(C)CC3)OC2C)C1. The molecule has 3 heteroatoms. The first-order valence-corrected chi connectivity index (χ1v) is 12.4. The average molecular weight is 405 g/mol. The van der Waals surface area contributed by atoms with Crippen molar-refractivity contribution in [2.75, 3.05) is 0 Å². The summed E-state index contributed by atoms with van der Waals surface area (Å²) in [6.07, 6.45) is 15.3. The molecule has 0 aromatic heterocycles. The van der Waals surface area contributed by atoms with E-state index in [-0.39, 0.29) is 17.8 Å². The van der Waals surface area contributed by atoms with E-state index in [1.165, 1.54) is 32.1 Å². The Balaban J connectivity index is 1.45. The quantitative estimate of drug-likeness (QED) is 0.509. The van der Waals surface area contributed by atoms with E-state index in [2.05, 4.69) is 39.8 Å². The van der Waals surface area contributed by atoms with Crippen LogP contribution in [0.15, 0.2) is 12.2 Å². The second-order valence-electron chi connectivity index (χ2n) is 10.6. The van der Waals surface area contributed by atoms with Crippen LogP contribution in [0.25, 0.3) is 0 Å². The number of allylic oxidation sites excluding steroid dienone is 2. The lowest BCUT2D eigenvalue weighted by molar-refractivity contribution is -0.125. The van der Waals surface area contributed by atoms with Crippen LogP contribution in [-0.2, 0) is 9.53 Å². The molecular formula is C26H44O3. The number of rotatable bonds is 8. The van der Waals surface area contributed by atoms with Gasteiger partial charge in [0.05, 0.1) is 18.3 Å². The molecule has 0 aromatic rings. The Hall–Kier alpha value is -0.670. The summed E-state index contributed by atoms with van der Waals surface area (Å²) in [6.45, 7) is 8.81. The van der Waals surface area contributed by atoms with Crippen LogP contribution in [-0.4, -0.2) is 29.2 Å². The highest BCUT2D eigenvalue weighted by Crippen LogP contribution is 2.40. The fraction of sp³-hybridized carbons (Fsp3) is 0.885. The molecule has 0 bridgehead atoms. The van der Waals surface area contributed by atoms with Crippen molar-refractivity contribution >= 4 is 5.78 Å². The highest BCUT2D eigenvalue weighted by atomic mass is 16.5. The maximum absolute atomic E-state index is 12.8. The fourth-order valence-electron chi connectivity index (χ4n) is 5.98. The van der Waals surface area contributed by atoms with E-state index in [1.54, 1.807) is 0 Å². The standard InChI is InChI=1S/C26H44O3/c1-5-20-7-6-8-22(13-20)18(3)25(28)16-24(27)14-23-15-26(29-19(23)4)21-11-9-17(2)10-12-21/h6,8,17-24,26-27H,5,7,9-16H2,1-4H3/t17?,18-,19?,20-,21?,22+,23-,24+,26-/m1/s1. The molecule has 29 heavy (non-hydrogen) atoms. The molecule has 3 nitrogen and oxygen atoms in total. The molecule has 0 radical (unpaired) electrons. The van der Waals surface area contributed by atoms with Gasteiger partial charge >= 0.3 is 0 Å². The minimum atomic E-state index is -0.527. The van der Waals surface area contributed by atoms with E-state index in [1.807, 2.05) is 0 Å². The molecule has 7 atom stereocenters. The molecule has 1 saturated heterocycles. The zero-order chi connectivity index (χ0) is 21.0. The number of aliphatic hydroxyl groups is 1. The predicted molar refractivity (Wildman–Crippen MR) is 119 cm³/mol. The molecule has 1 aliphatic heterocycles. The van der Waals surface area contributed by atoms with Crippen LogP contribution in [0.2, 0.25) is 0 Å². The summed E-state index contributed by atoms with van der Waals surface area (Å²) in [5.41, 5.74) is 0. The maximum Gasteiger partial charge on any atom is 0.138 e. The van der Waals surface area contributed by atoms with E-state index in [9.17, 15) is 9.90 Å². The van der Waals surface area contributed by atoms with Gasteiger partial charge in [-0.25, -0.2) is 0 Å². The highest BCUT2D eigenvalue weighted by molar-refractivity contribution is 5.81. The normalized spacial score (nSPS) is 40.0. The van der Waals surface area contributed by atoms with Crippen molar-refractivity contribution in [2.45, 2.75) is 110 Å². The maximum atomic E-state index is 12.8. The lowest BCUT2D eigenvalue weighted by Gasteiger charge is -2.30. The van der Waals surface area contributed by atoms with Gasteiger partial charge in [0.1, 0.15) is 5.78 Å². The minimum absolute atomic E-state index is 0.0180. The molecule has 3 aliphatic rings. The third-order valence-electron chi connectivity index (χ3n) is 8.37. The van der Waals surface area contributed by atoms with Crippen molar-refractivity contribution in [2.24, 2.45) is 35.5 Å². The molecule has 1 heterocycles. The van der Waals surface area contributed by atoms with E-state index in [0.717, 1.165) is 25.2 Å². The van der Waals surface area contributed by atoms with Gasteiger partial charge in [0.25, 0.3) is 0 Å². The van der Waals surface area contributed by atoms with Crippen molar-refractivity contribution in [3.05, 3.63) is 12.2 Å². The molecule has 2 aliphatic carbocycles. The zero-order valence-electron chi connectivity index (χ0n) is 19.2. The summed E-state index contributed by atoms with van der Waals surface area (Å²) in [5, 5.41) is 10.7. The Morgan fingerprint density at radius 1 is 1.17 bits per heavy atom. The van der Waals surface area contributed by atoms with Gasteiger partial charge in [0.2, 0.25) is 0 Å². The first-order valence-electron chi connectivity index (χ1n) is 12.4. The number of Topliss-reactive ketones (excluding diaryl/α,β-unsaturated/α-hetero) is 1. The molecule has 1 unspecified atom stereocenters. The van der Waals surface area contributed by atoms with Crippen molar-refractivity contribution in [3.8, 4) is 0 Å². The second-order valence-corrected chi connectivity index (χ2v) is 10.6. The van der Waals surface area contributed by atoms with Gasteiger partial charge in [0.15, 0.2) is 0 Å². The molecule has 0 aromatic carbocycles. The minimum Gasteiger partial charge on any atom is -0.393 e. The Morgan fingerprint density at radius 2 is 1.90 bits per heavy atom. The van der Waals surface area contributed by atoms with Gasteiger partial charge in [-0.1, -0.05) is 52.2 Å². The van der Waals surface area contributed by atoms with Crippen LogP contribution in [0.1, 0.15) is 91.9 Å². The summed E-state index contributed by atoms with van der Waals surface area (Å²) in [7, 11) is 0. The molecule has 0 amide bonds. The first kappa shape index (κ1) is 23.0. The van der Waals surface area contributed by atoms with Gasteiger partial charge in [-0.3, -0.25) is 4.79 Å². The molecule has 0 spiro atoms. The summed E-state index contributed by atoms with van der Waals surface area (Å²) in [6, 6.07) is 0.